The lowest BCUT2D eigenvalue weighted by Crippen LogP contribution is -2.34. The molecule has 1 fully saturated rings. The minimum Gasteiger partial charge on any atom is -0.490 e. The fourth-order valence-corrected chi connectivity index (χ4v) is 2.66. The number of benzene rings is 1. The van der Waals surface area contributed by atoms with E-state index >= 15 is 0 Å². The first-order valence-electron chi connectivity index (χ1n) is 7.69. The van der Waals surface area contributed by atoms with Crippen molar-refractivity contribution < 1.29 is 9.53 Å². The van der Waals surface area contributed by atoms with Gasteiger partial charge >= 0.3 is 0 Å². The van der Waals surface area contributed by atoms with Crippen LogP contribution in [0.15, 0.2) is 24.3 Å². The first-order chi connectivity index (χ1) is 9.66. The molecule has 1 aromatic rings. The molecule has 1 N–H and O–H groups in total. The molecule has 1 atom stereocenters. The van der Waals surface area contributed by atoms with E-state index in [9.17, 15) is 4.79 Å². The molecule has 0 radical (unpaired) electrons. The average Bonchev–Trinajstić information content (AvgIpc) is 2.46. The molecule has 20 heavy (non-hydrogen) atoms. The maximum atomic E-state index is 12.4. The van der Waals surface area contributed by atoms with Crippen LogP contribution in [-0.4, -0.2) is 24.5 Å². The molecule has 3 heteroatoms. The van der Waals surface area contributed by atoms with E-state index in [0.29, 0.717) is 18.2 Å². The predicted molar refractivity (Wildman–Crippen MR) is 81.4 cm³/mol. The van der Waals surface area contributed by atoms with Gasteiger partial charge in [0.1, 0.15) is 5.75 Å². The van der Waals surface area contributed by atoms with Crippen LogP contribution in [0, 0.1) is 0 Å². The van der Waals surface area contributed by atoms with Crippen molar-refractivity contribution in [3.8, 4) is 5.75 Å². The Morgan fingerprint density at radius 3 is 2.85 bits per heavy atom. The highest BCUT2D eigenvalue weighted by atomic mass is 16.5. The Balaban J connectivity index is 1.94. The molecule has 3 nitrogen and oxygen atoms in total. The summed E-state index contributed by atoms with van der Waals surface area (Å²) in [5, 5.41) is 3.49. The smallest absolute Gasteiger partial charge is 0.166 e. The number of ether oxygens (including phenoxy) is 1. The lowest BCUT2D eigenvalue weighted by molar-refractivity contribution is 0.0968. The Morgan fingerprint density at radius 1 is 1.35 bits per heavy atom. The van der Waals surface area contributed by atoms with Crippen LogP contribution < -0.4 is 10.1 Å². The summed E-state index contributed by atoms with van der Waals surface area (Å²) < 4.78 is 5.72. The molecule has 0 spiro atoms. The third kappa shape index (κ3) is 4.34. The molecule has 0 amide bonds. The number of hydrogen-bond donors (Lipinski definition) is 1. The largest absolute Gasteiger partial charge is 0.490 e. The molecule has 1 aromatic carbocycles. The maximum Gasteiger partial charge on any atom is 0.166 e. The third-order valence-corrected chi connectivity index (χ3v) is 3.68. The number of rotatable bonds is 6. The van der Waals surface area contributed by atoms with Crippen LogP contribution >= 0.6 is 0 Å². The lowest BCUT2D eigenvalue weighted by atomic mass is 9.97. The van der Waals surface area contributed by atoms with Crippen LogP contribution in [0.5, 0.6) is 5.75 Å². The Hall–Kier alpha value is -1.35. The molecule has 1 aliphatic heterocycles. The number of hydrogen-bond acceptors (Lipinski definition) is 3. The molecular formula is C17H25NO2. The van der Waals surface area contributed by atoms with Crippen LogP contribution in [0.3, 0.4) is 0 Å². The van der Waals surface area contributed by atoms with Gasteiger partial charge in [-0.05, 0) is 51.8 Å². The molecule has 0 aliphatic carbocycles. The van der Waals surface area contributed by atoms with Crippen molar-refractivity contribution in [3.05, 3.63) is 29.8 Å². The van der Waals surface area contributed by atoms with Gasteiger partial charge in [-0.1, -0.05) is 18.6 Å². The Kier molecular flexibility index (Phi) is 5.60. The van der Waals surface area contributed by atoms with Gasteiger partial charge in [-0.2, -0.15) is 0 Å². The Bertz CT molecular complexity index is 436. The number of nitrogens with one attached hydrogen (secondary N) is 1. The first kappa shape index (κ1) is 15.0. The molecule has 1 saturated heterocycles. The number of carbonyl (C=O) groups excluding carboxylic acids is 1. The van der Waals surface area contributed by atoms with Gasteiger partial charge < -0.3 is 10.1 Å². The van der Waals surface area contributed by atoms with E-state index in [1.807, 2.05) is 38.1 Å². The average molecular weight is 275 g/mol. The second kappa shape index (κ2) is 7.44. The molecule has 110 valence electrons. The number of piperidine rings is 1. The monoisotopic (exact) mass is 275 g/mol. The van der Waals surface area contributed by atoms with Crippen LogP contribution in [0.1, 0.15) is 56.3 Å². The summed E-state index contributed by atoms with van der Waals surface area (Å²) in [7, 11) is 0. The minimum absolute atomic E-state index is 0.0870. The summed E-state index contributed by atoms with van der Waals surface area (Å²) in [5.74, 6) is 0.901. The second-order valence-corrected chi connectivity index (χ2v) is 5.77. The van der Waals surface area contributed by atoms with Crippen molar-refractivity contribution in [1.82, 2.24) is 5.32 Å². The van der Waals surface area contributed by atoms with E-state index in [2.05, 4.69) is 5.32 Å². The molecule has 0 aromatic heterocycles. The summed E-state index contributed by atoms with van der Waals surface area (Å²) in [6.45, 7) is 5.05. The molecule has 0 saturated carbocycles. The first-order valence-corrected chi connectivity index (χ1v) is 7.69. The summed E-state index contributed by atoms with van der Waals surface area (Å²) in [4.78, 5) is 12.4. The highest BCUT2D eigenvalue weighted by Gasteiger charge is 2.17. The van der Waals surface area contributed by atoms with E-state index in [4.69, 9.17) is 4.74 Å². The summed E-state index contributed by atoms with van der Waals surface area (Å²) in [6.07, 6.45) is 5.33. The second-order valence-electron chi connectivity index (χ2n) is 5.77. The van der Waals surface area contributed by atoms with E-state index in [1.54, 1.807) is 0 Å². The van der Waals surface area contributed by atoms with Gasteiger partial charge in [-0.15, -0.1) is 0 Å². The fraction of sp³-hybridized carbons (Fsp3) is 0.588. The summed E-state index contributed by atoms with van der Waals surface area (Å²) in [5.41, 5.74) is 0.719. The zero-order chi connectivity index (χ0) is 14.4. The highest BCUT2D eigenvalue weighted by Crippen LogP contribution is 2.22. The fourth-order valence-electron chi connectivity index (χ4n) is 2.66. The summed E-state index contributed by atoms with van der Waals surface area (Å²) in [6, 6.07) is 8.07. The van der Waals surface area contributed by atoms with Crippen molar-refractivity contribution in [2.45, 2.75) is 58.1 Å². The van der Waals surface area contributed by atoms with Gasteiger partial charge in [0.2, 0.25) is 0 Å². The molecule has 1 heterocycles. The number of ketones is 1. The number of carbonyl (C=O) groups is 1. The van der Waals surface area contributed by atoms with E-state index < -0.39 is 0 Å². The topological polar surface area (TPSA) is 38.3 Å². The van der Waals surface area contributed by atoms with Crippen molar-refractivity contribution in [1.29, 1.82) is 0 Å². The minimum atomic E-state index is 0.0870. The third-order valence-electron chi connectivity index (χ3n) is 3.68. The van der Waals surface area contributed by atoms with Crippen molar-refractivity contribution in [2.24, 2.45) is 0 Å². The molecule has 0 bridgehead atoms. The Labute approximate surface area is 121 Å². The quantitative estimate of drug-likeness (QED) is 0.806. The van der Waals surface area contributed by atoms with Gasteiger partial charge in [-0.25, -0.2) is 0 Å². The zero-order valence-electron chi connectivity index (χ0n) is 12.5. The standard InChI is InChI=1S/C17H25NO2/c1-13(2)20-17-9-4-3-8-15(17)16(19)11-10-14-7-5-6-12-18-14/h3-4,8-9,13-14,18H,5-7,10-12H2,1-2H3. The number of para-hydroxylation sites is 1. The summed E-state index contributed by atoms with van der Waals surface area (Å²) >= 11 is 0. The molecular weight excluding hydrogens is 250 g/mol. The number of Topliss-reactive ketones (excluding diaryl/α,β-unsaturated/α-hetero) is 1. The van der Waals surface area contributed by atoms with Crippen molar-refractivity contribution >= 4 is 5.78 Å². The maximum absolute atomic E-state index is 12.4. The van der Waals surface area contributed by atoms with Crippen molar-refractivity contribution in [2.75, 3.05) is 6.54 Å². The van der Waals surface area contributed by atoms with E-state index in [1.165, 1.54) is 19.3 Å². The van der Waals surface area contributed by atoms with Crippen LogP contribution in [0.25, 0.3) is 0 Å². The highest BCUT2D eigenvalue weighted by molar-refractivity contribution is 5.98. The molecule has 1 unspecified atom stereocenters. The SMILES string of the molecule is CC(C)Oc1ccccc1C(=O)CCC1CCCCN1. The van der Waals surface area contributed by atoms with Crippen LogP contribution in [0.2, 0.25) is 0 Å². The lowest BCUT2D eigenvalue weighted by Gasteiger charge is -2.23. The van der Waals surface area contributed by atoms with Gasteiger partial charge in [0.25, 0.3) is 0 Å². The van der Waals surface area contributed by atoms with Gasteiger partial charge in [-0.3, -0.25) is 4.79 Å². The van der Waals surface area contributed by atoms with Crippen LogP contribution in [-0.2, 0) is 0 Å². The normalized spacial score (nSPS) is 19.1. The van der Waals surface area contributed by atoms with Gasteiger partial charge in [0.15, 0.2) is 5.78 Å². The Morgan fingerprint density at radius 2 is 2.15 bits per heavy atom. The molecule has 2 rings (SSSR count). The van der Waals surface area contributed by atoms with Gasteiger partial charge in [0.05, 0.1) is 11.7 Å². The molecule has 1 aliphatic rings. The van der Waals surface area contributed by atoms with Crippen LogP contribution in [0.4, 0.5) is 0 Å². The predicted octanol–water partition coefficient (Wildman–Crippen LogP) is 3.58. The van der Waals surface area contributed by atoms with E-state index in [0.717, 1.165) is 18.5 Å². The van der Waals surface area contributed by atoms with Gasteiger partial charge in [0, 0.05) is 12.5 Å². The zero-order valence-corrected chi connectivity index (χ0v) is 12.5. The van der Waals surface area contributed by atoms with Crippen molar-refractivity contribution in [3.63, 3.8) is 0 Å². The van der Waals surface area contributed by atoms with E-state index in [-0.39, 0.29) is 11.9 Å².